The first kappa shape index (κ1) is 21.3. The number of aromatic nitrogens is 3. The van der Waals surface area contributed by atoms with Crippen molar-refractivity contribution in [3.63, 3.8) is 0 Å². The van der Waals surface area contributed by atoms with Gasteiger partial charge in [-0.05, 0) is 70.0 Å². The summed E-state index contributed by atoms with van der Waals surface area (Å²) in [6.45, 7) is 14.0. The van der Waals surface area contributed by atoms with Gasteiger partial charge in [-0.15, -0.1) is 0 Å². The van der Waals surface area contributed by atoms with Gasteiger partial charge in [0.15, 0.2) is 5.65 Å². The lowest BCUT2D eigenvalue weighted by Crippen LogP contribution is -2.54. The summed E-state index contributed by atoms with van der Waals surface area (Å²) < 4.78 is 2.17. The lowest BCUT2D eigenvalue weighted by atomic mass is 10.1. The Kier molecular flexibility index (Phi) is 5.71. The smallest absolute Gasteiger partial charge is 0.317 e. The summed E-state index contributed by atoms with van der Waals surface area (Å²) in [4.78, 5) is 26.3. The largest absolute Gasteiger partial charge is 0.333 e. The van der Waals surface area contributed by atoms with Gasteiger partial charge in [-0.2, -0.15) is 0 Å². The number of amides is 2. The van der Waals surface area contributed by atoms with Crippen molar-refractivity contribution in [2.24, 2.45) is 0 Å². The van der Waals surface area contributed by atoms with Gasteiger partial charge in [-0.3, -0.25) is 9.47 Å². The third-order valence-corrected chi connectivity index (χ3v) is 5.46. The van der Waals surface area contributed by atoms with Crippen LogP contribution in [0.15, 0.2) is 36.5 Å². The second kappa shape index (κ2) is 8.30. The molecule has 2 aromatic heterocycles. The first-order chi connectivity index (χ1) is 14.7. The Bertz CT molecular complexity index is 1070. The van der Waals surface area contributed by atoms with Crippen molar-refractivity contribution in [3.8, 4) is 5.69 Å². The SMILES string of the molecule is Cc1cc(C)cc(-n2c(CN3CCN(C(=O)NC(C)(C)C)CC3)nc3cccnc32)c1. The number of piperazine rings is 1. The molecule has 3 heterocycles. The second-order valence-electron chi connectivity index (χ2n) is 9.50. The molecule has 31 heavy (non-hydrogen) atoms. The van der Waals surface area contributed by atoms with Gasteiger partial charge in [0.25, 0.3) is 0 Å². The van der Waals surface area contributed by atoms with Crippen LogP contribution < -0.4 is 5.32 Å². The number of aryl methyl sites for hydroxylation is 2. The molecule has 1 fully saturated rings. The molecule has 0 unspecified atom stereocenters. The van der Waals surface area contributed by atoms with Crippen molar-refractivity contribution in [1.82, 2.24) is 29.7 Å². The van der Waals surface area contributed by atoms with Gasteiger partial charge in [0.05, 0.1) is 6.54 Å². The molecule has 164 valence electrons. The maximum Gasteiger partial charge on any atom is 0.317 e. The molecule has 3 aromatic rings. The highest BCUT2D eigenvalue weighted by Gasteiger charge is 2.25. The van der Waals surface area contributed by atoms with Crippen molar-refractivity contribution in [3.05, 3.63) is 53.5 Å². The minimum Gasteiger partial charge on any atom is -0.333 e. The fourth-order valence-corrected chi connectivity index (χ4v) is 4.13. The van der Waals surface area contributed by atoms with E-state index in [1.54, 1.807) is 0 Å². The number of carbonyl (C=O) groups excluding carboxylic acids is 1. The molecule has 1 saturated heterocycles. The van der Waals surface area contributed by atoms with Crippen LogP contribution in [0.5, 0.6) is 0 Å². The number of nitrogens with one attached hydrogen (secondary N) is 1. The lowest BCUT2D eigenvalue weighted by molar-refractivity contribution is 0.129. The van der Waals surface area contributed by atoms with E-state index >= 15 is 0 Å². The Labute approximate surface area is 184 Å². The number of urea groups is 1. The molecule has 2 amide bonds. The normalized spacial score (nSPS) is 15.5. The Morgan fingerprint density at radius 3 is 2.39 bits per heavy atom. The van der Waals surface area contributed by atoms with Crippen LogP contribution in [0.4, 0.5) is 4.79 Å². The fraction of sp³-hybridized carbons (Fsp3) is 0.458. The second-order valence-corrected chi connectivity index (χ2v) is 9.50. The van der Waals surface area contributed by atoms with Gasteiger partial charge in [0.1, 0.15) is 11.3 Å². The number of nitrogens with zero attached hydrogens (tertiary/aromatic N) is 5. The van der Waals surface area contributed by atoms with Crippen molar-refractivity contribution in [2.45, 2.75) is 46.7 Å². The molecule has 0 atom stereocenters. The van der Waals surface area contributed by atoms with Crippen LogP contribution in [0.1, 0.15) is 37.7 Å². The van der Waals surface area contributed by atoms with E-state index in [4.69, 9.17) is 4.98 Å². The van der Waals surface area contributed by atoms with Gasteiger partial charge in [-0.1, -0.05) is 6.07 Å². The predicted molar refractivity (Wildman–Crippen MR) is 123 cm³/mol. The lowest BCUT2D eigenvalue weighted by Gasteiger charge is -2.36. The molecule has 1 aliphatic rings. The standard InChI is InChI=1S/C24H32N6O/c1-17-13-18(2)15-19(14-17)30-21(26-20-7-6-8-25-22(20)30)16-28-9-11-29(12-10-28)23(31)27-24(3,4)5/h6-8,13-15H,9-12,16H2,1-5H3,(H,27,31). The summed E-state index contributed by atoms with van der Waals surface area (Å²) >= 11 is 0. The Balaban J connectivity index is 1.55. The zero-order chi connectivity index (χ0) is 22.2. The van der Waals surface area contributed by atoms with E-state index in [9.17, 15) is 4.79 Å². The van der Waals surface area contributed by atoms with E-state index in [1.165, 1.54) is 11.1 Å². The van der Waals surface area contributed by atoms with Crippen LogP contribution in [0.25, 0.3) is 16.9 Å². The number of carbonyl (C=O) groups is 1. The van der Waals surface area contributed by atoms with E-state index in [0.29, 0.717) is 13.1 Å². The van der Waals surface area contributed by atoms with Gasteiger partial charge in [-0.25, -0.2) is 14.8 Å². The number of rotatable bonds is 3. The van der Waals surface area contributed by atoms with Crippen molar-refractivity contribution in [2.75, 3.05) is 26.2 Å². The number of pyridine rings is 1. The third kappa shape index (κ3) is 4.88. The molecule has 1 aliphatic heterocycles. The first-order valence-electron chi connectivity index (χ1n) is 10.9. The van der Waals surface area contributed by atoms with Crippen LogP contribution in [0.2, 0.25) is 0 Å². The summed E-state index contributed by atoms with van der Waals surface area (Å²) in [5.74, 6) is 0.978. The summed E-state index contributed by atoms with van der Waals surface area (Å²) in [7, 11) is 0. The van der Waals surface area contributed by atoms with Crippen molar-refractivity contribution >= 4 is 17.2 Å². The van der Waals surface area contributed by atoms with Crippen LogP contribution in [-0.2, 0) is 6.54 Å². The maximum absolute atomic E-state index is 12.5. The molecule has 1 N–H and O–H groups in total. The molecule has 7 heteroatoms. The molecule has 0 bridgehead atoms. The molecule has 4 rings (SSSR count). The van der Waals surface area contributed by atoms with E-state index in [-0.39, 0.29) is 11.6 Å². The predicted octanol–water partition coefficient (Wildman–Crippen LogP) is 3.66. The number of benzene rings is 1. The number of fused-ring (bicyclic) bond motifs is 1. The number of imidazole rings is 1. The van der Waals surface area contributed by atoms with Gasteiger partial charge in [0.2, 0.25) is 0 Å². The molecule has 0 radical (unpaired) electrons. The van der Waals surface area contributed by atoms with Crippen LogP contribution in [-0.4, -0.2) is 62.1 Å². The number of hydrogen-bond acceptors (Lipinski definition) is 4. The summed E-state index contributed by atoms with van der Waals surface area (Å²) in [6.07, 6.45) is 1.82. The van der Waals surface area contributed by atoms with E-state index < -0.39 is 0 Å². The summed E-state index contributed by atoms with van der Waals surface area (Å²) in [6, 6.07) is 10.5. The van der Waals surface area contributed by atoms with Gasteiger partial charge in [0, 0.05) is 43.6 Å². The van der Waals surface area contributed by atoms with Crippen LogP contribution >= 0.6 is 0 Å². The zero-order valence-electron chi connectivity index (χ0n) is 19.1. The van der Waals surface area contributed by atoms with E-state index in [0.717, 1.165) is 42.3 Å². The molecular formula is C24H32N6O. The number of hydrogen-bond donors (Lipinski definition) is 1. The van der Waals surface area contributed by atoms with E-state index in [1.807, 2.05) is 44.0 Å². The minimum atomic E-state index is -0.224. The van der Waals surface area contributed by atoms with Crippen LogP contribution in [0, 0.1) is 13.8 Å². The summed E-state index contributed by atoms with van der Waals surface area (Å²) in [5.41, 5.74) is 5.09. The van der Waals surface area contributed by atoms with Crippen molar-refractivity contribution in [1.29, 1.82) is 0 Å². The Hall–Kier alpha value is -2.93. The topological polar surface area (TPSA) is 66.3 Å². The molecule has 1 aromatic carbocycles. The minimum absolute atomic E-state index is 0.0128. The zero-order valence-corrected chi connectivity index (χ0v) is 19.1. The Morgan fingerprint density at radius 1 is 1.06 bits per heavy atom. The molecule has 0 saturated carbocycles. The van der Waals surface area contributed by atoms with Gasteiger partial charge >= 0.3 is 6.03 Å². The highest BCUT2D eigenvalue weighted by Crippen LogP contribution is 2.23. The average Bonchev–Trinajstić information content (AvgIpc) is 3.04. The third-order valence-electron chi connectivity index (χ3n) is 5.46. The molecular weight excluding hydrogens is 388 g/mol. The van der Waals surface area contributed by atoms with E-state index in [2.05, 4.69) is 51.8 Å². The highest BCUT2D eigenvalue weighted by molar-refractivity contribution is 5.75. The Morgan fingerprint density at radius 2 is 1.74 bits per heavy atom. The van der Waals surface area contributed by atoms with Crippen LogP contribution in [0.3, 0.4) is 0 Å². The molecule has 0 aliphatic carbocycles. The molecule has 7 nitrogen and oxygen atoms in total. The first-order valence-corrected chi connectivity index (χ1v) is 10.9. The summed E-state index contributed by atoms with van der Waals surface area (Å²) in [5, 5.41) is 3.06. The van der Waals surface area contributed by atoms with Gasteiger partial charge < -0.3 is 10.2 Å². The molecule has 0 spiro atoms. The van der Waals surface area contributed by atoms with Crippen molar-refractivity contribution < 1.29 is 4.79 Å². The fourth-order valence-electron chi connectivity index (χ4n) is 4.13. The maximum atomic E-state index is 12.5. The highest BCUT2D eigenvalue weighted by atomic mass is 16.2. The quantitative estimate of drug-likeness (QED) is 0.702. The average molecular weight is 421 g/mol. The monoisotopic (exact) mass is 420 g/mol.